The first-order valence-electron chi connectivity index (χ1n) is 11.8. The Hall–Kier alpha value is -2.74. The second-order valence-electron chi connectivity index (χ2n) is 8.59. The minimum Gasteiger partial charge on any atom is -0.494 e. The number of aliphatic carboxylic acids is 1. The highest BCUT2D eigenvalue weighted by atomic mass is 32.1. The van der Waals surface area contributed by atoms with Crippen molar-refractivity contribution in [2.45, 2.75) is 65.0 Å². The molecule has 0 saturated carbocycles. The molecule has 0 bridgehead atoms. The average molecular weight is 509 g/mol. The second kappa shape index (κ2) is 11.8. The Kier molecular flexibility index (Phi) is 9.05. The normalized spacial score (nSPS) is 12.6. The molecule has 0 aliphatic heterocycles. The Labute approximate surface area is 207 Å². The number of hydrogen-bond acceptors (Lipinski definition) is 4. The predicted molar refractivity (Wildman–Crippen MR) is 133 cm³/mol. The van der Waals surface area contributed by atoms with Crippen LogP contribution in [0.5, 0.6) is 11.5 Å². The number of alkyl halides is 3. The fourth-order valence-corrected chi connectivity index (χ4v) is 5.67. The number of fused-ring (bicyclic) bond motifs is 1. The van der Waals surface area contributed by atoms with Crippen LogP contribution >= 0.6 is 11.3 Å². The van der Waals surface area contributed by atoms with Gasteiger partial charge in [-0.2, -0.15) is 13.2 Å². The van der Waals surface area contributed by atoms with E-state index in [2.05, 4.69) is 6.92 Å². The number of aryl methyl sites for hydroxylation is 2. The molecule has 35 heavy (non-hydrogen) atoms. The molecule has 0 saturated heterocycles. The van der Waals surface area contributed by atoms with Crippen LogP contribution in [0, 0.1) is 6.92 Å². The molecular formula is C27H31F3O4S. The Morgan fingerprint density at radius 3 is 2.49 bits per heavy atom. The monoisotopic (exact) mass is 508 g/mol. The summed E-state index contributed by atoms with van der Waals surface area (Å²) in [6.45, 7) is 6.02. The lowest BCUT2D eigenvalue weighted by atomic mass is 9.92. The number of carbonyl (C=O) groups is 1. The van der Waals surface area contributed by atoms with Gasteiger partial charge >= 0.3 is 12.1 Å². The lowest BCUT2D eigenvalue weighted by molar-refractivity contribution is -0.139. The van der Waals surface area contributed by atoms with Gasteiger partial charge in [0, 0.05) is 9.58 Å². The van der Waals surface area contributed by atoms with Crippen molar-refractivity contribution in [1.29, 1.82) is 0 Å². The molecule has 190 valence electrons. The highest BCUT2D eigenvalue weighted by Crippen LogP contribution is 2.42. The summed E-state index contributed by atoms with van der Waals surface area (Å²) in [5.41, 5.74) is 1.18. The molecule has 3 aromatic rings. The first kappa shape index (κ1) is 26.9. The van der Waals surface area contributed by atoms with Gasteiger partial charge in [0.2, 0.25) is 0 Å². The minimum absolute atomic E-state index is 0.205. The molecule has 1 atom stereocenters. The van der Waals surface area contributed by atoms with Crippen molar-refractivity contribution in [3.8, 4) is 11.5 Å². The highest BCUT2D eigenvalue weighted by molar-refractivity contribution is 7.19. The third-order valence-corrected chi connectivity index (χ3v) is 7.39. The van der Waals surface area contributed by atoms with Crippen molar-refractivity contribution in [1.82, 2.24) is 0 Å². The topological polar surface area (TPSA) is 55.8 Å². The molecule has 0 radical (unpaired) electrons. The van der Waals surface area contributed by atoms with E-state index in [-0.39, 0.29) is 5.92 Å². The van der Waals surface area contributed by atoms with Crippen LogP contribution in [0.2, 0.25) is 0 Å². The van der Waals surface area contributed by atoms with E-state index in [0.717, 1.165) is 46.4 Å². The summed E-state index contributed by atoms with van der Waals surface area (Å²) >= 11 is 1.60. The molecule has 0 aliphatic rings. The molecule has 3 rings (SSSR count). The predicted octanol–water partition coefficient (Wildman–Crippen LogP) is 8.00. The fraction of sp³-hybridized carbons (Fsp3) is 0.444. The lowest BCUT2D eigenvalue weighted by Gasteiger charge is -2.18. The molecule has 1 heterocycles. The quantitative estimate of drug-likeness (QED) is 0.269. The van der Waals surface area contributed by atoms with Gasteiger partial charge in [0.1, 0.15) is 11.5 Å². The van der Waals surface area contributed by atoms with Gasteiger partial charge < -0.3 is 14.6 Å². The van der Waals surface area contributed by atoms with Gasteiger partial charge in [-0.15, -0.1) is 11.3 Å². The maximum atomic E-state index is 13.3. The van der Waals surface area contributed by atoms with Gasteiger partial charge in [0.25, 0.3) is 0 Å². The molecule has 1 unspecified atom stereocenters. The number of unbranched alkanes of at least 4 members (excludes halogenated alkanes) is 1. The van der Waals surface area contributed by atoms with E-state index in [1.54, 1.807) is 29.5 Å². The summed E-state index contributed by atoms with van der Waals surface area (Å²) < 4.78 is 52.0. The van der Waals surface area contributed by atoms with Crippen LogP contribution in [0.25, 0.3) is 10.1 Å². The number of benzene rings is 2. The van der Waals surface area contributed by atoms with Crippen LogP contribution in [-0.4, -0.2) is 24.3 Å². The molecule has 0 amide bonds. The van der Waals surface area contributed by atoms with Gasteiger partial charge in [-0.05, 0) is 85.0 Å². The molecular weight excluding hydrogens is 477 g/mol. The van der Waals surface area contributed by atoms with Gasteiger partial charge in [-0.3, -0.25) is 0 Å². The zero-order chi connectivity index (χ0) is 25.6. The van der Waals surface area contributed by atoms with Gasteiger partial charge in [-0.1, -0.05) is 26.7 Å². The Morgan fingerprint density at radius 1 is 1.09 bits per heavy atom. The maximum absolute atomic E-state index is 13.3. The van der Waals surface area contributed by atoms with E-state index in [9.17, 15) is 18.0 Å². The van der Waals surface area contributed by atoms with Crippen molar-refractivity contribution >= 4 is 27.4 Å². The largest absolute Gasteiger partial charge is 0.494 e. The van der Waals surface area contributed by atoms with Gasteiger partial charge in [0.15, 0.2) is 6.61 Å². The van der Waals surface area contributed by atoms with E-state index >= 15 is 0 Å². The van der Waals surface area contributed by atoms with Crippen molar-refractivity contribution in [3.63, 3.8) is 0 Å². The summed E-state index contributed by atoms with van der Waals surface area (Å²) in [5, 5.41) is 9.48. The van der Waals surface area contributed by atoms with Gasteiger partial charge in [-0.25, -0.2) is 4.79 Å². The summed E-state index contributed by atoms with van der Waals surface area (Å²) in [4.78, 5) is 11.9. The standard InChI is InChI=1S/C27H31F3O4S/c1-4-6-7-18(12-13-33-20-9-10-23(17(3)14-20)34-16-25(31)32)26-21(5-2)22-15-19(27(28,29)30)8-11-24(22)35-26/h8-11,14-15,18H,4-7,12-13,16H2,1-3H3,(H,31,32). The lowest BCUT2D eigenvalue weighted by Crippen LogP contribution is -2.10. The number of halogens is 3. The maximum Gasteiger partial charge on any atom is 0.416 e. The van der Waals surface area contributed by atoms with Crippen molar-refractivity contribution in [2.75, 3.05) is 13.2 Å². The number of hydrogen-bond donors (Lipinski definition) is 1. The molecule has 0 fully saturated rings. The molecule has 2 aromatic carbocycles. The van der Waals surface area contributed by atoms with Crippen LogP contribution in [0.4, 0.5) is 13.2 Å². The van der Waals surface area contributed by atoms with Crippen LogP contribution < -0.4 is 9.47 Å². The first-order chi connectivity index (χ1) is 16.6. The first-order valence-corrected chi connectivity index (χ1v) is 12.7. The van der Waals surface area contributed by atoms with Crippen molar-refractivity contribution in [2.24, 2.45) is 0 Å². The van der Waals surface area contributed by atoms with Crippen molar-refractivity contribution < 1.29 is 32.5 Å². The van der Waals surface area contributed by atoms with Crippen LogP contribution in [0.1, 0.15) is 67.0 Å². The SMILES string of the molecule is CCCCC(CCOc1ccc(OCC(=O)O)c(C)c1)c1sc2ccc(C(F)(F)F)cc2c1CC. The zero-order valence-corrected chi connectivity index (χ0v) is 21.0. The number of carboxylic acid groups (broad SMARTS) is 1. The number of rotatable bonds is 12. The highest BCUT2D eigenvalue weighted by Gasteiger charge is 2.31. The van der Waals surface area contributed by atoms with E-state index in [1.807, 2.05) is 19.9 Å². The van der Waals surface area contributed by atoms with E-state index in [1.165, 1.54) is 12.1 Å². The average Bonchev–Trinajstić information content (AvgIpc) is 3.17. The summed E-state index contributed by atoms with van der Waals surface area (Å²) in [5.74, 6) is 0.332. The van der Waals surface area contributed by atoms with Crippen LogP contribution in [-0.2, 0) is 17.4 Å². The van der Waals surface area contributed by atoms with Crippen LogP contribution in [0.3, 0.4) is 0 Å². The third-order valence-electron chi connectivity index (χ3n) is 6.01. The Balaban J connectivity index is 1.77. The zero-order valence-electron chi connectivity index (χ0n) is 20.2. The molecule has 0 spiro atoms. The summed E-state index contributed by atoms with van der Waals surface area (Å²) in [7, 11) is 0. The van der Waals surface area contributed by atoms with E-state index < -0.39 is 24.3 Å². The summed E-state index contributed by atoms with van der Waals surface area (Å²) in [6.07, 6.45) is 0.0960. The van der Waals surface area contributed by atoms with Gasteiger partial charge in [0.05, 0.1) is 12.2 Å². The van der Waals surface area contributed by atoms with E-state index in [0.29, 0.717) is 29.9 Å². The molecule has 0 aliphatic carbocycles. The Bertz CT molecular complexity index is 1150. The van der Waals surface area contributed by atoms with Crippen LogP contribution in [0.15, 0.2) is 36.4 Å². The molecule has 1 N–H and O–H groups in total. The number of carboxylic acids is 1. The Morgan fingerprint density at radius 2 is 1.86 bits per heavy atom. The van der Waals surface area contributed by atoms with Crippen molar-refractivity contribution in [3.05, 3.63) is 58.0 Å². The fourth-order valence-electron chi connectivity index (χ4n) is 4.23. The molecule has 4 nitrogen and oxygen atoms in total. The smallest absolute Gasteiger partial charge is 0.416 e. The number of ether oxygens (including phenoxy) is 2. The number of thiophene rings is 1. The van der Waals surface area contributed by atoms with E-state index in [4.69, 9.17) is 14.6 Å². The second-order valence-corrected chi connectivity index (χ2v) is 9.68. The molecule has 8 heteroatoms. The summed E-state index contributed by atoms with van der Waals surface area (Å²) in [6, 6.07) is 9.31. The minimum atomic E-state index is -4.36. The molecule has 1 aromatic heterocycles. The third kappa shape index (κ3) is 6.90.